The minimum atomic E-state index is 0.0887. The number of aliphatic hydroxyl groups excluding tert-OH is 1. The molecule has 0 atom stereocenters. The zero-order valence-electron chi connectivity index (χ0n) is 8.99. The fourth-order valence-electron chi connectivity index (χ4n) is 1.72. The summed E-state index contributed by atoms with van der Waals surface area (Å²) < 4.78 is 5.69. The van der Waals surface area contributed by atoms with Gasteiger partial charge in [0.25, 0.3) is 0 Å². The van der Waals surface area contributed by atoms with Crippen molar-refractivity contribution in [2.45, 2.75) is 32.8 Å². The van der Waals surface area contributed by atoms with E-state index in [9.17, 15) is 0 Å². The number of aliphatic hydroxyl groups is 1. The molecule has 1 N–H and O–H groups in total. The van der Waals surface area contributed by atoms with Gasteiger partial charge in [0.05, 0.1) is 6.61 Å². The molecular weight excluding hydrogens is 188 g/mol. The van der Waals surface area contributed by atoms with E-state index in [0.29, 0.717) is 0 Å². The minimum absolute atomic E-state index is 0.0887. The van der Waals surface area contributed by atoms with E-state index in [1.54, 1.807) is 0 Å². The third-order valence-corrected chi connectivity index (χ3v) is 2.59. The summed E-state index contributed by atoms with van der Waals surface area (Å²) in [6.45, 7) is 2.26. The van der Waals surface area contributed by atoms with E-state index in [-0.39, 0.29) is 6.61 Å². The van der Waals surface area contributed by atoms with E-state index in [4.69, 9.17) is 9.52 Å². The predicted molar refractivity (Wildman–Crippen MR) is 60.7 cm³/mol. The molecule has 2 rings (SSSR count). The summed E-state index contributed by atoms with van der Waals surface area (Å²) >= 11 is 0. The van der Waals surface area contributed by atoms with Gasteiger partial charge in [-0.3, -0.25) is 0 Å². The number of fused-ring (bicyclic) bond motifs is 1. The number of unbranched alkanes of at least 4 members (excludes halogenated alkanes) is 1. The van der Waals surface area contributed by atoms with Crippen LogP contribution in [0.2, 0.25) is 0 Å². The number of rotatable bonds is 4. The maximum atomic E-state index is 9.01. The zero-order chi connectivity index (χ0) is 10.7. The Morgan fingerprint density at radius 2 is 2.13 bits per heavy atom. The molecule has 0 fully saturated rings. The molecule has 0 saturated heterocycles. The maximum Gasteiger partial charge on any atom is 0.134 e. The smallest absolute Gasteiger partial charge is 0.134 e. The van der Waals surface area contributed by atoms with Gasteiger partial charge in [0.2, 0.25) is 0 Å². The fourth-order valence-corrected chi connectivity index (χ4v) is 1.72. The van der Waals surface area contributed by atoms with Gasteiger partial charge in [-0.15, -0.1) is 0 Å². The average molecular weight is 204 g/mol. The molecule has 0 aliphatic rings. The normalized spacial score (nSPS) is 11.1. The van der Waals surface area contributed by atoms with E-state index in [1.165, 1.54) is 6.42 Å². The first kappa shape index (κ1) is 10.2. The number of hydrogen-bond acceptors (Lipinski definition) is 2. The Hall–Kier alpha value is -1.28. The van der Waals surface area contributed by atoms with E-state index in [1.807, 2.05) is 18.2 Å². The fraction of sp³-hybridized carbons (Fsp3) is 0.385. The van der Waals surface area contributed by atoms with Gasteiger partial charge in [-0.2, -0.15) is 0 Å². The lowest BCUT2D eigenvalue weighted by Crippen LogP contribution is -1.79. The van der Waals surface area contributed by atoms with Crippen LogP contribution in [0.5, 0.6) is 0 Å². The molecule has 0 saturated carbocycles. The topological polar surface area (TPSA) is 33.4 Å². The number of benzene rings is 1. The van der Waals surface area contributed by atoms with Crippen LogP contribution in [0.1, 0.15) is 31.1 Å². The summed E-state index contributed by atoms with van der Waals surface area (Å²) in [7, 11) is 0. The molecule has 0 aliphatic heterocycles. The molecule has 0 unspecified atom stereocenters. The summed E-state index contributed by atoms with van der Waals surface area (Å²) in [5.74, 6) is 1.04. The van der Waals surface area contributed by atoms with E-state index >= 15 is 0 Å². The van der Waals surface area contributed by atoms with Crippen molar-refractivity contribution in [2.75, 3.05) is 0 Å². The molecule has 1 aromatic heterocycles. The van der Waals surface area contributed by atoms with Crippen LogP contribution in [0.25, 0.3) is 11.0 Å². The van der Waals surface area contributed by atoms with Crippen molar-refractivity contribution >= 4 is 11.0 Å². The SMILES string of the molecule is CCCCc1cc2cc(CO)ccc2o1. The molecule has 0 radical (unpaired) electrons. The Labute approximate surface area is 89.5 Å². The van der Waals surface area contributed by atoms with Crippen LogP contribution in [0.15, 0.2) is 28.7 Å². The van der Waals surface area contributed by atoms with Crippen molar-refractivity contribution in [1.29, 1.82) is 0 Å². The highest BCUT2D eigenvalue weighted by atomic mass is 16.3. The molecule has 0 amide bonds. The van der Waals surface area contributed by atoms with Crippen molar-refractivity contribution in [3.8, 4) is 0 Å². The van der Waals surface area contributed by atoms with Crippen LogP contribution in [0.3, 0.4) is 0 Å². The zero-order valence-corrected chi connectivity index (χ0v) is 8.99. The lowest BCUT2D eigenvalue weighted by molar-refractivity contribution is 0.282. The Morgan fingerprint density at radius 3 is 2.87 bits per heavy atom. The van der Waals surface area contributed by atoms with Crippen molar-refractivity contribution in [2.24, 2.45) is 0 Å². The maximum absolute atomic E-state index is 9.01. The van der Waals surface area contributed by atoms with Gasteiger partial charge in [0.1, 0.15) is 11.3 Å². The summed E-state index contributed by atoms with van der Waals surface area (Å²) in [6, 6.07) is 7.88. The van der Waals surface area contributed by atoms with Gasteiger partial charge in [0.15, 0.2) is 0 Å². The minimum Gasteiger partial charge on any atom is -0.461 e. The molecule has 0 aliphatic carbocycles. The van der Waals surface area contributed by atoms with E-state index in [0.717, 1.165) is 35.1 Å². The molecule has 80 valence electrons. The van der Waals surface area contributed by atoms with E-state index in [2.05, 4.69) is 13.0 Å². The molecule has 0 bridgehead atoms. The molecular formula is C13H16O2. The second-order valence-corrected chi connectivity index (χ2v) is 3.85. The summed E-state index contributed by atoms with van der Waals surface area (Å²) in [4.78, 5) is 0. The first-order valence-electron chi connectivity index (χ1n) is 5.45. The number of hydrogen-bond donors (Lipinski definition) is 1. The van der Waals surface area contributed by atoms with Gasteiger partial charge in [-0.25, -0.2) is 0 Å². The largest absolute Gasteiger partial charge is 0.461 e. The Morgan fingerprint density at radius 1 is 1.27 bits per heavy atom. The van der Waals surface area contributed by atoms with Crippen LogP contribution >= 0.6 is 0 Å². The second-order valence-electron chi connectivity index (χ2n) is 3.85. The van der Waals surface area contributed by atoms with Gasteiger partial charge < -0.3 is 9.52 Å². The molecule has 2 heteroatoms. The van der Waals surface area contributed by atoms with Crippen LogP contribution < -0.4 is 0 Å². The monoisotopic (exact) mass is 204 g/mol. The highest BCUT2D eigenvalue weighted by Crippen LogP contribution is 2.21. The van der Waals surface area contributed by atoms with Gasteiger partial charge >= 0.3 is 0 Å². The lowest BCUT2D eigenvalue weighted by atomic mass is 10.1. The number of furan rings is 1. The van der Waals surface area contributed by atoms with Crippen LogP contribution in [-0.4, -0.2) is 5.11 Å². The molecule has 1 heterocycles. The van der Waals surface area contributed by atoms with Crippen molar-refractivity contribution < 1.29 is 9.52 Å². The highest BCUT2D eigenvalue weighted by Gasteiger charge is 2.03. The second kappa shape index (κ2) is 4.49. The average Bonchev–Trinajstić information content (AvgIpc) is 2.67. The van der Waals surface area contributed by atoms with Crippen LogP contribution in [-0.2, 0) is 13.0 Å². The van der Waals surface area contributed by atoms with Gasteiger partial charge in [0, 0.05) is 11.8 Å². The molecule has 1 aromatic carbocycles. The first-order valence-corrected chi connectivity index (χ1v) is 5.45. The van der Waals surface area contributed by atoms with Gasteiger partial charge in [-0.05, 0) is 30.2 Å². The molecule has 15 heavy (non-hydrogen) atoms. The molecule has 2 nitrogen and oxygen atoms in total. The van der Waals surface area contributed by atoms with Crippen molar-refractivity contribution in [1.82, 2.24) is 0 Å². The van der Waals surface area contributed by atoms with Crippen LogP contribution in [0, 0.1) is 0 Å². The van der Waals surface area contributed by atoms with Crippen molar-refractivity contribution in [3.63, 3.8) is 0 Å². The molecule has 2 aromatic rings. The highest BCUT2D eigenvalue weighted by molar-refractivity contribution is 5.78. The van der Waals surface area contributed by atoms with Gasteiger partial charge in [-0.1, -0.05) is 19.4 Å². The summed E-state index contributed by atoms with van der Waals surface area (Å²) in [5.41, 5.74) is 1.85. The number of aryl methyl sites for hydroxylation is 1. The standard InChI is InChI=1S/C13H16O2/c1-2-3-4-12-8-11-7-10(9-14)5-6-13(11)15-12/h5-8,14H,2-4,9H2,1H3. The third kappa shape index (κ3) is 2.21. The van der Waals surface area contributed by atoms with Crippen molar-refractivity contribution in [3.05, 3.63) is 35.6 Å². The third-order valence-electron chi connectivity index (χ3n) is 2.59. The quantitative estimate of drug-likeness (QED) is 0.829. The van der Waals surface area contributed by atoms with Crippen LogP contribution in [0.4, 0.5) is 0 Å². The summed E-state index contributed by atoms with van der Waals surface area (Å²) in [6.07, 6.45) is 3.34. The first-order chi connectivity index (χ1) is 7.33. The lowest BCUT2D eigenvalue weighted by Gasteiger charge is -1.93. The van der Waals surface area contributed by atoms with E-state index < -0.39 is 0 Å². The Balaban J connectivity index is 2.29. The predicted octanol–water partition coefficient (Wildman–Crippen LogP) is 3.27. The summed E-state index contributed by atoms with van der Waals surface area (Å²) in [5, 5.41) is 10.1. The Bertz CT molecular complexity index is 443. The molecule has 0 spiro atoms. The Kier molecular flexibility index (Phi) is 3.07.